The van der Waals surface area contributed by atoms with E-state index in [1.54, 1.807) is 23.1 Å². The van der Waals surface area contributed by atoms with Crippen molar-refractivity contribution in [2.45, 2.75) is 25.9 Å². The molecule has 1 atom stereocenters. The Morgan fingerprint density at radius 2 is 2.40 bits per heavy atom. The number of nitrogens with zero attached hydrogens (tertiary/aromatic N) is 2. The van der Waals surface area contributed by atoms with Crippen LogP contribution in [0.25, 0.3) is 0 Å². The van der Waals surface area contributed by atoms with Crippen LogP contribution in [0.15, 0.2) is 6.20 Å². The van der Waals surface area contributed by atoms with Crippen LogP contribution in [-0.2, 0) is 17.8 Å². The third-order valence-corrected chi connectivity index (χ3v) is 5.18. The summed E-state index contributed by atoms with van der Waals surface area (Å²) in [5.74, 6) is 0.267. The molecule has 1 aliphatic rings. The van der Waals surface area contributed by atoms with Gasteiger partial charge in [-0.15, -0.1) is 11.3 Å². The molecule has 0 radical (unpaired) electrons. The van der Waals surface area contributed by atoms with Crippen LogP contribution in [-0.4, -0.2) is 51.1 Å². The molecule has 110 valence electrons. The van der Waals surface area contributed by atoms with Crippen molar-refractivity contribution in [1.29, 1.82) is 0 Å². The van der Waals surface area contributed by atoms with E-state index in [1.807, 2.05) is 6.20 Å². The number of amides is 2. The fraction of sp³-hybridized carbons (Fsp3) is 0.583. The zero-order valence-electron chi connectivity index (χ0n) is 11.2. The third kappa shape index (κ3) is 3.63. The van der Waals surface area contributed by atoms with Gasteiger partial charge in [0.2, 0.25) is 0 Å². The van der Waals surface area contributed by atoms with Crippen LogP contribution in [0.3, 0.4) is 0 Å². The average molecular weight is 315 g/mol. The van der Waals surface area contributed by atoms with Crippen molar-refractivity contribution in [1.82, 2.24) is 15.2 Å². The topological polar surface area (TPSA) is 82.5 Å². The number of hydrogen-bond acceptors (Lipinski definition) is 5. The van der Waals surface area contributed by atoms with E-state index in [0.29, 0.717) is 18.8 Å². The summed E-state index contributed by atoms with van der Waals surface area (Å²) < 4.78 is 0. The second-order valence-corrected chi connectivity index (χ2v) is 6.70. The summed E-state index contributed by atoms with van der Waals surface area (Å²) in [6.07, 6.45) is 2.74. The Kier molecular flexibility index (Phi) is 5.24. The monoisotopic (exact) mass is 315 g/mol. The first-order chi connectivity index (χ1) is 9.61. The lowest BCUT2D eigenvalue weighted by molar-refractivity contribution is -0.141. The summed E-state index contributed by atoms with van der Waals surface area (Å²) in [5, 5.41) is 12.7. The molecule has 2 heterocycles. The number of carbonyl (C=O) groups excluding carboxylic acids is 1. The number of urea groups is 1. The lowest BCUT2D eigenvalue weighted by Gasteiger charge is -2.32. The minimum absolute atomic E-state index is 0.328. The Labute approximate surface area is 125 Å². The quantitative estimate of drug-likeness (QED) is 0.878. The molecule has 0 spiro atoms. The number of carbonyl (C=O) groups is 2. The summed E-state index contributed by atoms with van der Waals surface area (Å²) in [5.41, 5.74) is 0. The Bertz CT molecular complexity index is 492. The van der Waals surface area contributed by atoms with Gasteiger partial charge >= 0.3 is 12.0 Å². The number of carboxylic acid groups (broad SMARTS) is 1. The third-order valence-electron chi connectivity index (χ3n) is 3.02. The van der Waals surface area contributed by atoms with Gasteiger partial charge in [-0.3, -0.25) is 0 Å². The molecule has 6 nitrogen and oxygen atoms in total. The van der Waals surface area contributed by atoms with Crippen molar-refractivity contribution in [2.75, 3.05) is 18.1 Å². The standard InChI is InChI=1S/C12H17N3O3S2/c1-2-8-5-13-10(20-8)6-14-12(18)15-3-4-19-7-9(15)11(16)17/h5,9H,2-4,6-7H2,1H3,(H,14,18)(H,16,17). The Balaban J connectivity index is 1.91. The molecule has 1 fully saturated rings. The fourth-order valence-electron chi connectivity index (χ4n) is 1.90. The first kappa shape index (κ1) is 15.1. The molecule has 1 aromatic heterocycles. The summed E-state index contributed by atoms with van der Waals surface area (Å²) >= 11 is 3.12. The number of nitrogens with one attached hydrogen (secondary N) is 1. The van der Waals surface area contributed by atoms with E-state index in [1.165, 1.54) is 9.78 Å². The minimum Gasteiger partial charge on any atom is -0.480 e. The van der Waals surface area contributed by atoms with Gasteiger partial charge in [0, 0.05) is 29.1 Å². The maximum absolute atomic E-state index is 12.1. The number of aromatic nitrogens is 1. The maximum atomic E-state index is 12.1. The first-order valence-corrected chi connectivity index (χ1v) is 8.37. The van der Waals surface area contributed by atoms with Gasteiger partial charge in [0.15, 0.2) is 0 Å². The SMILES string of the molecule is CCc1cnc(CNC(=O)N2CCSCC2C(=O)O)s1. The van der Waals surface area contributed by atoms with Gasteiger partial charge in [-0.2, -0.15) is 11.8 Å². The number of thioether (sulfide) groups is 1. The van der Waals surface area contributed by atoms with Crippen LogP contribution in [0.1, 0.15) is 16.8 Å². The number of thiazole rings is 1. The molecular weight excluding hydrogens is 298 g/mol. The molecule has 0 bridgehead atoms. The lowest BCUT2D eigenvalue weighted by atomic mass is 10.3. The van der Waals surface area contributed by atoms with Gasteiger partial charge in [0.25, 0.3) is 0 Å². The highest BCUT2D eigenvalue weighted by molar-refractivity contribution is 7.99. The molecule has 0 aromatic carbocycles. The van der Waals surface area contributed by atoms with Crippen LogP contribution in [0.5, 0.6) is 0 Å². The van der Waals surface area contributed by atoms with Crippen molar-refractivity contribution in [2.24, 2.45) is 0 Å². The lowest BCUT2D eigenvalue weighted by Crippen LogP contribution is -2.53. The van der Waals surface area contributed by atoms with Gasteiger partial charge in [-0.1, -0.05) is 6.92 Å². The molecule has 0 saturated carbocycles. The number of hydrogen-bond donors (Lipinski definition) is 2. The Morgan fingerprint density at radius 3 is 3.05 bits per heavy atom. The molecular formula is C12H17N3O3S2. The molecule has 0 aliphatic carbocycles. The van der Waals surface area contributed by atoms with Crippen molar-refractivity contribution >= 4 is 35.1 Å². The molecule has 1 aliphatic heterocycles. The van der Waals surface area contributed by atoms with E-state index in [-0.39, 0.29) is 6.03 Å². The van der Waals surface area contributed by atoms with E-state index in [9.17, 15) is 9.59 Å². The van der Waals surface area contributed by atoms with Gasteiger partial charge in [-0.25, -0.2) is 14.6 Å². The van der Waals surface area contributed by atoms with Gasteiger partial charge in [0.05, 0.1) is 6.54 Å². The Hall–Kier alpha value is -1.28. The van der Waals surface area contributed by atoms with Crippen molar-refractivity contribution < 1.29 is 14.7 Å². The van der Waals surface area contributed by atoms with E-state index in [2.05, 4.69) is 17.2 Å². The van der Waals surface area contributed by atoms with Crippen molar-refractivity contribution in [3.8, 4) is 0 Å². The molecule has 1 aromatic rings. The zero-order valence-corrected chi connectivity index (χ0v) is 12.8. The van der Waals surface area contributed by atoms with Crippen LogP contribution in [0, 0.1) is 0 Å². The number of carboxylic acids is 1. The van der Waals surface area contributed by atoms with E-state index >= 15 is 0 Å². The number of aryl methyl sites for hydroxylation is 1. The minimum atomic E-state index is -0.949. The predicted octanol–water partition coefficient (Wildman–Crippen LogP) is 1.42. The summed E-state index contributed by atoms with van der Waals surface area (Å²) in [6, 6.07) is -1.07. The molecule has 8 heteroatoms. The van der Waals surface area contributed by atoms with Gasteiger partial charge in [0.1, 0.15) is 11.0 Å². The summed E-state index contributed by atoms with van der Waals surface area (Å²) in [7, 11) is 0. The molecule has 20 heavy (non-hydrogen) atoms. The normalized spacial score (nSPS) is 18.9. The molecule has 2 rings (SSSR count). The summed E-state index contributed by atoms with van der Waals surface area (Å²) in [6.45, 7) is 2.86. The van der Waals surface area contributed by atoms with Crippen molar-refractivity contribution in [3.05, 3.63) is 16.1 Å². The average Bonchev–Trinajstić information content (AvgIpc) is 2.92. The van der Waals surface area contributed by atoms with E-state index < -0.39 is 12.0 Å². The van der Waals surface area contributed by atoms with Crippen LogP contribution < -0.4 is 5.32 Å². The van der Waals surface area contributed by atoms with E-state index in [4.69, 9.17) is 5.11 Å². The van der Waals surface area contributed by atoms with Crippen molar-refractivity contribution in [3.63, 3.8) is 0 Å². The highest BCUT2D eigenvalue weighted by Gasteiger charge is 2.32. The second-order valence-electron chi connectivity index (χ2n) is 4.35. The number of aliphatic carboxylic acids is 1. The first-order valence-electron chi connectivity index (χ1n) is 6.40. The highest BCUT2D eigenvalue weighted by atomic mass is 32.2. The van der Waals surface area contributed by atoms with Crippen LogP contribution >= 0.6 is 23.1 Å². The largest absolute Gasteiger partial charge is 0.480 e. The van der Waals surface area contributed by atoms with Gasteiger partial charge < -0.3 is 15.3 Å². The fourth-order valence-corrected chi connectivity index (χ4v) is 3.74. The smallest absolute Gasteiger partial charge is 0.327 e. The molecule has 2 amide bonds. The van der Waals surface area contributed by atoms with Gasteiger partial charge in [-0.05, 0) is 6.42 Å². The number of rotatable bonds is 4. The van der Waals surface area contributed by atoms with Crippen LogP contribution in [0.2, 0.25) is 0 Å². The second kappa shape index (κ2) is 6.94. The zero-order chi connectivity index (χ0) is 14.5. The summed E-state index contributed by atoms with van der Waals surface area (Å²) in [4.78, 5) is 30.0. The molecule has 2 N–H and O–H groups in total. The molecule has 1 saturated heterocycles. The highest BCUT2D eigenvalue weighted by Crippen LogP contribution is 2.17. The van der Waals surface area contributed by atoms with E-state index in [0.717, 1.165) is 17.2 Å². The maximum Gasteiger partial charge on any atom is 0.327 e. The molecule has 1 unspecified atom stereocenters. The Morgan fingerprint density at radius 1 is 1.60 bits per heavy atom. The van der Waals surface area contributed by atoms with Crippen LogP contribution in [0.4, 0.5) is 4.79 Å². The predicted molar refractivity (Wildman–Crippen MR) is 79.2 cm³/mol.